The van der Waals surface area contributed by atoms with Crippen LogP contribution in [0.3, 0.4) is 0 Å². The molecule has 3 N–H and O–H groups in total. The molecule has 2 rings (SSSR count). The van der Waals surface area contributed by atoms with E-state index in [0.717, 1.165) is 12.0 Å². The predicted octanol–water partition coefficient (Wildman–Crippen LogP) is 1.27. The van der Waals surface area contributed by atoms with E-state index >= 15 is 0 Å². The van der Waals surface area contributed by atoms with Gasteiger partial charge in [0.25, 0.3) is 0 Å². The molecular formula is C14H20N2O3. The number of rotatable bonds is 6. The SMILES string of the molecule is C[C@H]1C[C@@H]1NC(=O)NCc1ccccc1OCCO. The Morgan fingerprint density at radius 2 is 2.21 bits per heavy atom. The van der Waals surface area contributed by atoms with Crippen molar-refractivity contribution in [3.63, 3.8) is 0 Å². The van der Waals surface area contributed by atoms with E-state index in [0.29, 0.717) is 24.3 Å². The van der Waals surface area contributed by atoms with Crippen LogP contribution in [-0.2, 0) is 6.54 Å². The van der Waals surface area contributed by atoms with Gasteiger partial charge in [-0.15, -0.1) is 0 Å². The highest BCUT2D eigenvalue weighted by Crippen LogP contribution is 2.28. The number of urea groups is 1. The molecule has 19 heavy (non-hydrogen) atoms. The number of benzene rings is 1. The quantitative estimate of drug-likeness (QED) is 0.724. The molecule has 1 aromatic rings. The van der Waals surface area contributed by atoms with Crippen molar-refractivity contribution in [3.8, 4) is 5.75 Å². The van der Waals surface area contributed by atoms with E-state index in [9.17, 15) is 4.79 Å². The third kappa shape index (κ3) is 4.13. The predicted molar refractivity (Wildman–Crippen MR) is 72.0 cm³/mol. The van der Waals surface area contributed by atoms with E-state index in [1.165, 1.54) is 0 Å². The maximum Gasteiger partial charge on any atom is 0.315 e. The Bertz CT molecular complexity index is 436. The van der Waals surface area contributed by atoms with Gasteiger partial charge in [-0.1, -0.05) is 25.1 Å². The molecule has 1 saturated carbocycles. The van der Waals surface area contributed by atoms with Crippen LogP contribution in [0.5, 0.6) is 5.75 Å². The summed E-state index contributed by atoms with van der Waals surface area (Å²) < 4.78 is 5.41. The highest BCUT2D eigenvalue weighted by molar-refractivity contribution is 5.74. The molecule has 104 valence electrons. The standard InChI is InChI=1S/C14H20N2O3/c1-10-8-12(10)16-14(18)15-9-11-4-2-3-5-13(11)19-7-6-17/h2-5,10,12,17H,6-9H2,1H3,(H2,15,16,18)/t10-,12-/m0/s1. The Labute approximate surface area is 113 Å². The molecule has 1 aliphatic carbocycles. The molecule has 0 heterocycles. The summed E-state index contributed by atoms with van der Waals surface area (Å²) in [6, 6.07) is 7.65. The van der Waals surface area contributed by atoms with Crippen LogP contribution >= 0.6 is 0 Å². The summed E-state index contributed by atoms with van der Waals surface area (Å²) in [4.78, 5) is 11.6. The fraction of sp³-hybridized carbons (Fsp3) is 0.500. The lowest BCUT2D eigenvalue weighted by Crippen LogP contribution is -2.37. The molecule has 1 aliphatic rings. The lowest BCUT2D eigenvalue weighted by molar-refractivity contribution is 0.200. The van der Waals surface area contributed by atoms with E-state index in [1.807, 2.05) is 24.3 Å². The molecule has 5 nitrogen and oxygen atoms in total. The van der Waals surface area contributed by atoms with E-state index in [-0.39, 0.29) is 19.2 Å². The fourth-order valence-corrected chi connectivity index (χ4v) is 1.86. The van der Waals surface area contributed by atoms with Gasteiger partial charge in [0.1, 0.15) is 12.4 Å². The average Bonchev–Trinajstić information content (AvgIpc) is 3.10. The Hall–Kier alpha value is -1.75. The van der Waals surface area contributed by atoms with Gasteiger partial charge >= 0.3 is 6.03 Å². The van der Waals surface area contributed by atoms with Gasteiger partial charge in [0, 0.05) is 18.2 Å². The van der Waals surface area contributed by atoms with Crippen LogP contribution in [0.15, 0.2) is 24.3 Å². The highest BCUT2D eigenvalue weighted by Gasteiger charge is 2.33. The molecule has 0 spiro atoms. The van der Waals surface area contributed by atoms with E-state index in [1.54, 1.807) is 0 Å². The Balaban J connectivity index is 1.82. The lowest BCUT2D eigenvalue weighted by atomic mass is 10.2. The first-order valence-corrected chi connectivity index (χ1v) is 6.56. The van der Waals surface area contributed by atoms with Crippen LogP contribution in [0, 0.1) is 5.92 Å². The summed E-state index contributed by atoms with van der Waals surface area (Å²) in [7, 11) is 0. The van der Waals surface area contributed by atoms with Crippen LogP contribution in [0.1, 0.15) is 18.9 Å². The van der Waals surface area contributed by atoms with Gasteiger partial charge < -0.3 is 20.5 Å². The van der Waals surface area contributed by atoms with Crippen molar-refractivity contribution in [2.75, 3.05) is 13.2 Å². The van der Waals surface area contributed by atoms with Crippen molar-refractivity contribution in [3.05, 3.63) is 29.8 Å². The van der Waals surface area contributed by atoms with Crippen LogP contribution in [0.25, 0.3) is 0 Å². The largest absolute Gasteiger partial charge is 0.491 e. The summed E-state index contributed by atoms with van der Waals surface area (Å²) in [6.07, 6.45) is 1.06. The highest BCUT2D eigenvalue weighted by atomic mass is 16.5. The zero-order chi connectivity index (χ0) is 13.7. The Morgan fingerprint density at radius 1 is 1.47 bits per heavy atom. The van der Waals surface area contributed by atoms with Crippen molar-refractivity contribution in [1.29, 1.82) is 0 Å². The monoisotopic (exact) mass is 264 g/mol. The van der Waals surface area contributed by atoms with Crippen molar-refractivity contribution < 1.29 is 14.6 Å². The Morgan fingerprint density at radius 3 is 2.89 bits per heavy atom. The van der Waals surface area contributed by atoms with E-state index in [4.69, 9.17) is 9.84 Å². The number of para-hydroxylation sites is 1. The summed E-state index contributed by atoms with van der Waals surface area (Å²) in [6.45, 7) is 2.75. The van der Waals surface area contributed by atoms with Crippen LogP contribution < -0.4 is 15.4 Å². The number of hydrogen-bond acceptors (Lipinski definition) is 3. The number of aliphatic hydroxyl groups is 1. The number of carbonyl (C=O) groups is 1. The molecule has 0 bridgehead atoms. The van der Waals surface area contributed by atoms with Crippen LogP contribution in [0.4, 0.5) is 4.79 Å². The number of hydrogen-bond donors (Lipinski definition) is 3. The molecule has 0 saturated heterocycles. The third-order valence-electron chi connectivity index (χ3n) is 3.19. The molecule has 5 heteroatoms. The molecular weight excluding hydrogens is 244 g/mol. The molecule has 0 aromatic heterocycles. The Kier molecular flexibility index (Phi) is 4.63. The third-order valence-corrected chi connectivity index (χ3v) is 3.19. The first-order chi connectivity index (χ1) is 9.20. The first-order valence-electron chi connectivity index (χ1n) is 6.56. The van der Waals surface area contributed by atoms with Gasteiger partial charge in [-0.05, 0) is 18.4 Å². The van der Waals surface area contributed by atoms with Gasteiger partial charge in [-0.3, -0.25) is 0 Å². The maximum atomic E-state index is 11.6. The topological polar surface area (TPSA) is 70.6 Å². The van der Waals surface area contributed by atoms with E-state index < -0.39 is 0 Å². The summed E-state index contributed by atoms with van der Waals surface area (Å²) >= 11 is 0. The van der Waals surface area contributed by atoms with Crippen molar-refractivity contribution in [2.24, 2.45) is 5.92 Å². The van der Waals surface area contributed by atoms with Crippen molar-refractivity contribution in [1.82, 2.24) is 10.6 Å². The van der Waals surface area contributed by atoms with Gasteiger partial charge in [0.2, 0.25) is 0 Å². The van der Waals surface area contributed by atoms with Crippen LogP contribution in [0.2, 0.25) is 0 Å². The average molecular weight is 264 g/mol. The van der Waals surface area contributed by atoms with Gasteiger partial charge in [-0.2, -0.15) is 0 Å². The minimum Gasteiger partial charge on any atom is -0.491 e. The molecule has 0 radical (unpaired) electrons. The second-order valence-electron chi connectivity index (χ2n) is 4.83. The van der Waals surface area contributed by atoms with Gasteiger partial charge in [0.05, 0.1) is 6.61 Å². The maximum absolute atomic E-state index is 11.6. The molecule has 2 atom stereocenters. The number of nitrogens with one attached hydrogen (secondary N) is 2. The molecule has 1 fully saturated rings. The van der Waals surface area contributed by atoms with Crippen molar-refractivity contribution >= 4 is 6.03 Å². The summed E-state index contributed by atoms with van der Waals surface area (Å²) in [5.41, 5.74) is 0.898. The lowest BCUT2D eigenvalue weighted by Gasteiger charge is -2.12. The number of carbonyl (C=O) groups excluding carboxylic acids is 1. The molecule has 0 unspecified atom stereocenters. The normalized spacial score (nSPS) is 20.7. The number of aliphatic hydroxyl groups excluding tert-OH is 1. The minimum atomic E-state index is -0.147. The second kappa shape index (κ2) is 6.43. The minimum absolute atomic E-state index is 0.0260. The van der Waals surface area contributed by atoms with Gasteiger partial charge in [0.15, 0.2) is 0 Å². The second-order valence-corrected chi connectivity index (χ2v) is 4.83. The molecule has 2 amide bonds. The van der Waals surface area contributed by atoms with Crippen LogP contribution in [-0.4, -0.2) is 30.4 Å². The smallest absolute Gasteiger partial charge is 0.315 e. The summed E-state index contributed by atoms with van der Waals surface area (Å²) in [5.74, 6) is 1.28. The van der Waals surface area contributed by atoms with E-state index in [2.05, 4.69) is 17.6 Å². The number of amides is 2. The zero-order valence-electron chi connectivity index (χ0n) is 11.1. The summed E-state index contributed by atoms with van der Waals surface area (Å²) in [5, 5.41) is 14.5. The molecule has 1 aromatic carbocycles. The first kappa shape index (κ1) is 13.7. The van der Waals surface area contributed by atoms with Crippen molar-refractivity contribution in [2.45, 2.75) is 25.9 Å². The fourth-order valence-electron chi connectivity index (χ4n) is 1.86. The molecule has 0 aliphatic heterocycles. The van der Waals surface area contributed by atoms with Gasteiger partial charge in [-0.25, -0.2) is 4.79 Å². The zero-order valence-corrected chi connectivity index (χ0v) is 11.1. The number of ether oxygens (including phenoxy) is 1.